The number of H-pyrrole nitrogens is 1. The number of aryl methyl sites for hydroxylation is 1. The summed E-state index contributed by atoms with van der Waals surface area (Å²) in [6.45, 7) is 1.83. The molecule has 0 amide bonds. The van der Waals surface area contributed by atoms with Crippen molar-refractivity contribution in [3.05, 3.63) is 29.5 Å². The summed E-state index contributed by atoms with van der Waals surface area (Å²) in [5.74, 6) is 0.737. The standard InChI is InChI=1S/C12H13NO3/c1-7-12(11(15)6-14)9-4-3-8(16-2)5-10(9)13-7/h3-6,11,13,15H,1-2H3. The summed E-state index contributed by atoms with van der Waals surface area (Å²) in [5.41, 5.74) is 2.28. The third-order valence-corrected chi connectivity index (χ3v) is 2.67. The highest BCUT2D eigenvalue weighted by Crippen LogP contribution is 2.29. The number of carbonyl (C=O) groups excluding carboxylic acids is 1. The number of aliphatic hydroxyl groups is 1. The predicted molar refractivity (Wildman–Crippen MR) is 60.6 cm³/mol. The first kappa shape index (κ1) is 10.7. The average Bonchev–Trinajstić information content (AvgIpc) is 2.62. The smallest absolute Gasteiger partial charge is 0.153 e. The lowest BCUT2D eigenvalue weighted by Crippen LogP contribution is -1.99. The fourth-order valence-corrected chi connectivity index (χ4v) is 1.91. The summed E-state index contributed by atoms with van der Waals surface area (Å²) in [5, 5.41) is 10.4. The molecule has 1 aromatic carbocycles. The van der Waals surface area contributed by atoms with Crippen LogP contribution < -0.4 is 4.74 Å². The van der Waals surface area contributed by atoms with Crippen molar-refractivity contribution in [1.29, 1.82) is 0 Å². The van der Waals surface area contributed by atoms with Crippen LogP contribution in [0.3, 0.4) is 0 Å². The van der Waals surface area contributed by atoms with Gasteiger partial charge in [-0.2, -0.15) is 0 Å². The van der Waals surface area contributed by atoms with Crippen molar-refractivity contribution in [2.45, 2.75) is 13.0 Å². The van der Waals surface area contributed by atoms with Crippen molar-refractivity contribution < 1.29 is 14.6 Å². The maximum Gasteiger partial charge on any atom is 0.153 e. The van der Waals surface area contributed by atoms with Gasteiger partial charge in [0.1, 0.15) is 11.9 Å². The number of aliphatic hydroxyl groups excluding tert-OH is 1. The van der Waals surface area contributed by atoms with E-state index in [0.717, 1.165) is 22.3 Å². The molecule has 0 spiro atoms. The van der Waals surface area contributed by atoms with Gasteiger partial charge in [-0.15, -0.1) is 0 Å². The Labute approximate surface area is 92.9 Å². The van der Waals surface area contributed by atoms with Crippen LogP contribution in [0.2, 0.25) is 0 Å². The van der Waals surface area contributed by atoms with Crippen LogP contribution >= 0.6 is 0 Å². The lowest BCUT2D eigenvalue weighted by molar-refractivity contribution is -0.115. The molecule has 2 rings (SSSR count). The fraction of sp³-hybridized carbons (Fsp3) is 0.250. The molecule has 1 unspecified atom stereocenters. The Morgan fingerprint density at radius 2 is 2.25 bits per heavy atom. The fourth-order valence-electron chi connectivity index (χ4n) is 1.91. The predicted octanol–water partition coefficient (Wildman–Crippen LogP) is 1.72. The number of hydrogen-bond acceptors (Lipinski definition) is 3. The quantitative estimate of drug-likeness (QED) is 0.772. The van der Waals surface area contributed by atoms with Crippen LogP contribution in [0, 0.1) is 6.92 Å². The number of carbonyl (C=O) groups is 1. The van der Waals surface area contributed by atoms with Crippen molar-refractivity contribution in [2.24, 2.45) is 0 Å². The zero-order valence-corrected chi connectivity index (χ0v) is 9.15. The second kappa shape index (κ2) is 3.98. The van der Waals surface area contributed by atoms with Gasteiger partial charge in [-0.1, -0.05) is 0 Å². The van der Waals surface area contributed by atoms with Crippen LogP contribution in [0.5, 0.6) is 5.75 Å². The van der Waals surface area contributed by atoms with Crippen molar-refractivity contribution in [3.63, 3.8) is 0 Å². The summed E-state index contributed by atoms with van der Waals surface area (Å²) in [6.07, 6.45) is -0.554. The van der Waals surface area contributed by atoms with Crippen LogP contribution in [-0.4, -0.2) is 23.5 Å². The molecule has 84 valence electrons. The van der Waals surface area contributed by atoms with E-state index in [1.165, 1.54) is 0 Å². The topological polar surface area (TPSA) is 62.3 Å². The molecule has 4 nitrogen and oxygen atoms in total. The first-order chi connectivity index (χ1) is 7.67. The third-order valence-electron chi connectivity index (χ3n) is 2.67. The van der Waals surface area contributed by atoms with Gasteiger partial charge in [-0.3, -0.25) is 0 Å². The molecule has 0 aliphatic carbocycles. The Kier molecular flexibility index (Phi) is 2.66. The van der Waals surface area contributed by atoms with Crippen molar-refractivity contribution in [1.82, 2.24) is 4.98 Å². The lowest BCUT2D eigenvalue weighted by Gasteiger charge is -2.03. The van der Waals surface area contributed by atoms with Gasteiger partial charge in [0.25, 0.3) is 0 Å². The number of aromatic amines is 1. The number of fused-ring (bicyclic) bond motifs is 1. The van der Waals surface area contributed by atoms with E-state index in [1.54, 1.807) is 13.2 Å². The van der Waals surface area contributed by atoms with Gasteiger partial charge < -0.3 is 19.6 Å². The number of hydrogen-bond donors (Lipinski definition) is 2. The Morgan fingerprint density at radius 3 is 2.88 bits per heavy atom. The monoisotopic (exact) mass is 219 g/mol. The molecule has 0 aliphatic rings. The molecule has 2 aromatic rings. The summed E-state index contributed by atoms with van der Waals surface area (Å²) >= 11 is 0. The van der Waals surface area contributed by atoms with E-state index in [0.29, 0.717) is 11.8 Å². The van der Waals surface area contributed by atoms with E-state index in [9.17, 15) is 9.90 Å². The molecule has 0 fully saturated rings. The first-order valence-corrected chi connectivity index (χ1v) is 4.97. The number of rotatable bonds is 3. The van der Waals surface area contributed by atoms with E-state index in [-0.39, 0.29) is 0 Å². The van der Waals surface area contributed by atoms with Crippen molar-refractivity contribution in [2.75, 3.05) is 7.11 Å². The number of nitrogens with one attached hydrogen (secondary N) is 1. The maximum atomic E-state index is 10.6. The highest BCUT2D eigenvalue weighted by atomic mass is 16.5. The zero-order valence-electron chi connectivity index (χ0n) is 9.15. The number of aromatic nitrogens is 1. The summed E-state index contributed by atoms with van der Waals surface area (Å²) in [4.78, 5) is 13.8. The minimum absolute atomic E-state index is 0.528. The lowest BCUT2D eigenvalue weighted by atomic mass is 10.1. The maximum absolute atomic E-state index is 10.6. The third kappa shape index (κ3) is 1.57. The van der Waals surface area contributed by atoms with Crippen LogP contribution in [0.1, 0.15) is 17.4 Å². The Balaban J connectivity index is 2.66. The van der Waals surface area contributed by atoms with Gasteiger partial charge in [0.2, 0.25) is 0 Å². The molecule has 1 aromatic heterocycles. The minimum Gasteiger partial charge on any atom is -0.497 e. The molecule has 0 saturated heterocycles. The van der Waals surface area contributed by atoms with Crippen LogP contribution in [0.4, 0.5) is 0 Å². The van der Waals surface area contributed by atoms with E-state index in [4.69, 9.17) is 4.74 Å². The van der Waals surface area contributed by atoms with Gasteiger partial charge >= 0.3 is 0 Å². The number of methoxy groups -OCH3 is 1. The summed E-state index contributed by atoms with van der Waals surface area (Å²) in [7, 11) is 1.60. The Bertz CT molecular complexity index is 530. The minimum atomic E-state index is -1.08. The molecule has 1 atom stereocenters. The van der Waals surface area contributed by atoms with E-state index < -0.39 is 6.10 Å². The summed E-state index contributed by atoms with van der Waals surface area (Å²) in [6, 6.07) is 5.47. The van der Waals surface area contributed by atoms with Crippen molar-refractivity contribution >= 4 is 17.2 Å². The molecule has 4 heteroatoms. The van der Waals surface area contributed by atoms with Crippen LogP contribution in [-0.2, 0) is 4.79 Å². The second-order valence-electron chi connectivity index (χ2n) is 3.66. The van der Waals surface area contributed by atoms with E-state index in [1.807, 2.05) is 19.1 Å². The Hall–Kier alpha value is -1.81. The number of benzene rings is 1. The largest absolute Gasteiger partial charge is 0.497 e. The number of aldehydes is 1. The number of ether oxygens (including phenoxy) is 1. The highest BCUT2D eigenvalue weighted by molar-refractivity contribution is 5.88. The summed E-state index contributed by atoms with van der Waals surface area (Å²) < 4.78 is 5.11. The van der Waals surface area contributed by atoms with E-state index in [2.05, 4.69) is 4.98 Å². The molecule has 0 bridgehead atoms. The second-order valence-corrected chi connectivity index (χ2v) is 3.66. The van der Waals surface area contributed by atoms with E-state index >= 15 is 0 Å². The zero-order chi connectivity index (χ0) is 11.7. The van der Waals surface area contributed by atoms with Gasteiger partial charge in [0, 0.05) is 28.2 Å². The normalized spacial score (nSPS) is 12.7. The highest BCUT2D eigenvalue weighted by Gasteiger charge is 2.15. The van der Waals surface area contributed by atoms with Gasteiger partial charge in [-0.25, -0.2) is 0 Å². The van der Waals surface area contributed by atoms with Crippen molar-refractivity contribution in [3.8, 4) is 5.75 Å². The molecule has 0 saturated carbocycles. The Morgan fingerprint density at radius 1 is 1.50 bits per heavy atom. The van der Waals surface area contributed by atoms with Gasteiger partial charge in [-0.05, 0) is 19.1 Å². The molecule has 0 radical (unpaired) electrons. The molecule has 16 heavy (non-hydrogen) atoms. The molecular formula is C12H13NO3. The molecular weight excluding hydrogens is 206 g/mol. The van der Waals surface area contributed by atoms with Crippen LogP contribution in [0.25, 0.3) is 10.9 Å². The molecule has 2 N–H and O–H groups in total. The average molecular weight is 219 g/mol. The van der Waals surface area contributed by atoms with Crippen LogP contribution in [0.15, 0.2) is 18.2 Å². The SMILES string of the molecule is COc1ccc2c(C(O)C=O)c(C)[nH]c2c1. The first-order valence-electron chi connectivity index (χ1n) is 4.97. The molecule has 0 aliphatic heterocycles. The molecule has 1 heterocycles. The van der Waals surface area contributed by atoms with Gasteiger partial charge in [0.15, 0.2) is 6.29 Å². The van der Waals surface area contributed by atoms with Gasteiger partial charge in [0.05, 0.1) is 7.11 Å².